The van der Waals surface area contributed by atoms with Crippen LogP contribution >= 0.6 is 0 Å². The lowest BCUT2D eigenvalue weighted by Crippen LogP contribution is -2.47. The minimum atomic E-state index is -1.09. The normalized spacial score (nSPS) is 31.4. The Bertz CT molecular complexity index is 422. The van der Waals surface area contributed by atoms with Crippen LogP contribution in [0.4, 0.5) is 0 Å². The van der Waals surface area contributed by atoms with E-state index in [1.807, 2.05) is 33.8 Å². The molecule has 0 bridgehead atoms. The molecule has 2 unspecified atom stereocenters. The van der Waals surface area contributed by atoms with Gasteiger partial charge in [-0.25, -0.2) is 0 Å². The highest BCUT2D eigenvalue weighted by molar-refractivity contribution is 5.82. The highest BCUT2D eigenvalue weighted by atomic mass is 16.4. The van der Waals surface area contributed by atoms with Crippen LogP contribution in [-0.4, -0.2) is 22.2 Å². The van der Waals surface area contributed by atoms with Crippen molar-refractivity contribution in [2.45, 2.75) is 47.5 Å². The Morgan fingerprint density at radius 2 is 1.68 bits per heavy atom. The maximum Gasteiger partial charge on any atom is 0.313 e. The molecule has 0 amide bonds. The van der Waals surface area contributed by atoms with Crippen LogP contribution in [0.1, 0.15) is 47.5 Å². The molecule has 1 rings (SSSR count). The fourth-order valence-corrected chi connectivity index (χ4v) is 3.24. The standard InChI is InChI=1S/C15H24O4/c1-9(2)11-6-7-15(10(3)4,13(18)19)8-14(11,5)12(16)17/h6,9-10H,7-8H2,1-5H3,(H,16,17)(H,18,19). The topological polar surface area (TPSA) is 74.6 Å². The van der Waals surface area contributed by atoms with E-state index in [4.69, 9.17) is 0 Å². The first kappa shape index (κ1) is 15.7. The zero-order valence-electron chi connectivity index (χ0n) is 12.4. The SMILES string of the molecule is CC(C)C1=CCC(C(=O)O)(C(C)C)CC1(C)C(=O)O. The summed E-state index contributed by atoms with van der Waals surface area (Å²) in [6.45, 7) is 9.27. The maximum absolute atomic E-state index is 11.7. The van der Waals surface area contributed by atoms with Crippen molar-refractivity contribution >= 4 is 11.9 Å². The number of aliphatic carboxylic acids is 2. The monoisotopic (exact) mass is 268 g/mol. The summed E-state index contributed by atoms with van der Waals surface area (Å²) in [6, 6.07) is 0. The van der Waals surface area contributed by atoms with Gasteiger partial charge in [0.2, 0.25) is 0 Å². The fraction of sp³-hybridized carbons (Fsp3) is 0.733. The minimum absolute atomic E-state index is 0.103. The van der Waals surface area contributed by atoms with Crippen molar-refractivity contribution in [3.63, 3.8) is 0 Å². The summed E-state index contributed by atoms with van der Waals surface area (Å²) >= 11 is 0. The molecule has 1 aliphatic rings. The first-order valence-electron chi connectivity index (χ1n) is 6.75. The number of allylic oxidation sites excluding steroid dienone is 1. The largest absolute Gasteiger partial charge is 0.481 e. The van der Waals surface area contributed by atoms with Crippen molar-refractivity contribution in [3.8, 4) is 0 Å². The Hall–Kier alpha value is -1.32. The molecule has 2 N–H and O–H groups in total. The van der Waals surface area contributed by atoms with Crippen LogP contribution in [0.15, 0.2) is 11.6 Å². The maximum atomic E-state index is 11.7. The summed E-state index contributed by atoms with van der Waals surface area (Å²) in [5.41, 5.74) is -1.22. The summed E-state index contributed by atoms with van der Waals surface area (Å²) in [7, 11) is 0. The molecule has 0 fully saturated rings. The average Bonchev–Trinajstić information content (AvgIpc) is 2.27. The van der Waals surface area contributed by atoms with Gasteiger partial charge in [-0.15, -0.1) is 0 Å². The van der Waals surface area contributed by atoms with Crippen LogP contribution < -0.4 is 0 Å². The Kier molecular flexibility index (Phi) is 4.13. The van der Waals surface area contributed by atoms with Gasteiger partial charge in [0, 0.05) is 0 Å². The molecule has 108 valence electrons. The molecule has 0 aliphatic heterocycles. The summed E-state index contributed by atoms with van der Waals surface area (Å²) in [6.07, 6.45) is 2.42. The molecule has 0 saturated heterocycles. The summed E-state index contributed by atoms with van der Waals surface area (Å²) in [5.74, 6) is -1.82. The molecule has 4 heteroatoms. The van der Waals surface area contributed by atoms with Crippen LogP contribution in [-0.2, 0) is 9.59 Å². The second kappa shape index (κ2) is 4.99. The van der Waals surface area contributed by atoms with Crippen LogP contribution in [0.5, 0.6) is 0 Å². The van der Waals surface area contributed by atoms with E-state index in [0.717, 1.165) is 5.57 Å². The lowest BCUT2D eigenvalue weighted by molar-refractivity contribution is -0.159. The Morgan fingerprint density at radius 1 is 1.16 bits per heavy atom. The van der Waals surface area contributed by atoms with E-state index < -0.39 is 22.8 Å². The molecule has 0 aromatic heterocycles. The molecule has 0 spiro atoms. The lowest BCUT2D eigenvalue weighted by Gasteiger charge is -2.45. The number of hydrogen-bond donors (Lipinski definition) is 2. The third kappa shape index (κ3) is 2.40. The van der Waals surface area contributed by atoms with Crippen LogP contribution in [0.25, 0.3) is 0 Å². The van der Waals surface area contributed by atoms with Gasteiger partial charge in [0.15, 0.2) is 0 Å². The highest BCUT2D eigenvalue weighted by Gasteiger charge is 2.53. The van der Waals surface area contributed by atoms with Gasteiger partial charge in [-0.05, 0) is 31.6 Å². The van der Waals surface area contributed by atoms with Gasteiger partial charge in [0.25, 0.3) is 0 Å². The molecule has 0 aromatic carbocycles. The summed E-state index contributed by atoms with van der Waals surface area (Å²) < 4.78 is 0. The quantitative estimate of drug-likeness (QED) is 0.768. The molecule has 1 aliphatic carbocycles. The smallest absolute Gasteiger partial charge is 0.313 e. The molecular formula is C15H24O4. The van der Waals surface area contributed by atoms with Crippen molar-refractivity contribution in [2.75, 3.05) is 0 Å². The van der Waals surface area contributed by atoms with Gasteiger partial charge >= 0.3 is 11.9 Å². The van der Waals surface area contributed by atoms with Crippen molar-refractivity contribution < 1.29 is 19.8 Å². The van der Waals surface area contributed by atoms with Gasteiger partial charge < -0.3 is 10.2 Å². The number of carboxylic acids is 2. The Morgan fingerprint density at radius 3 is 2.00 bits per heavy atom. The average molecular weight is 268 g/mol. The Labute approximate surface area is 114 Å². The number of carboxylic acid groups (broad SMARTS) is 2. The van der Waals surface area contributed by atoms with E-state index in [9.17, 15) is 19.8 Å². The third-order valence-electron chi connectivity index (χ3n) is 4.62. The number of carbonyl (C=O) groups is 2. The second-order valence-corrected chi connectivity index (χ2v) is 6.45. The molecular weight excluding hydrogens is 244 g/mol. The van der Waals surface area contributed by atoms with Gasteiger partial charge in [0.05, 0.1) is 10.8 Å². The highest BCUT2D eigenvalue weighted by Crippen LogP contribution is 2.52. The summed E-state index contributed by atoms with van der Waals surface area (Å²) in [4.78, 5) is 23.4. The molecule has 0 radical (unpaired) electrons. The summed E-state index contributed by atoms with van der Waals surface area (Å²) in [5, 5.41) is 19.2. The molecule has 19 heavy (non-hydrogen) atoms. The van der Waals surface area contributed by atoms with Gasteiger partial charge in [-0.3, -0.25) is 9.59 Å². The van der Waals surface area contributed by atoms with Gasteiger partial charge in [-0.1, -0.05) is 39.3 Å². The predicted octanol–water partition coefficient (Wildman–Crippen LogP) is 3.18. The van der Waals surface area contributed by atoms with Gasteiger partial charge in [0.1, 0.15) is 0 Å². The first-order chi connectivity index (χ1) is 8.58. The van der Waals surface area contributed by atoms with E-state index in [1.165, 1.54) is 0 Å². The first-order valence-corrected chi connectivity index (χ1v) is 6.75. The van der Waals surface area contributed by atoms with Crippen LogP contribution in [0, 0.1) is 22.7 Å². The van der Waals surface area contributed by atoms with Crippen molar-refractivity contribution in [1.29, 1.82) is 0 Å². The fourth-order valence-electron chi connectivity index (χ4n) is 3.24. The second-order valence-electron chi connectivity index (χ2n) is 6.45. The zero-order chi connectivity index (χ0) is 15.0. The van der Waals surface area contributed by atoms with Crippen molar-refractivity contribution in [1.82, 2.24) is 0 Å². The van der Waals surface area contributed by atoms with E-state index >= 15 is 0 Å². The van der Waals surface area contributed by atoms with E-state index in [-0.39, 0.29) is 18.3 Å². The molecule has 4 nitrogen and oxygen atoms in total. The molecule has 0 aromatic rings. The third-order valence-corrected chi connectivity index (χ3v) is 4.62. The minimum Gasteiger partial charge on any atom is -0.481 e. The zero-order valence-corrected chi connectivity index (χ0v) is 12.4. The van der Waals surface area contributed by atoms with E-state index in [1.54, 1.807) is 6.92 Å². The predicted molar refractivity (Wildman–Crippen MR) is 72.8 cm³/mol. The molecule has 0 saturated carbocycles. The molecule has 0 heterocycles. The number of hydrogen-bond acceptors (Lipinski definition) is 2. The van der Waals surface area contributed by atoms with Crippen molar-refractivity contribution in [2.24, 2.45) is 22.7 Å². The number of rotatable bonds is 4. The lowest BCUT2D eigenvalue weighted by atomic mass is 9.57. The van der Waals surface area contributed by atoms with Crippen LogP contribution in [0.2, 0.25) is 0 Å². The molecule has 2 atom stereocenters. The van der Waals surface area contributed by atoms with Gasteiger partial charge in [-0.2, -0.15) is 0 Å². The Balaban J connectivity index is 3.38. The van der Waals surface area contributed by atoms with E-state index in [0.29, 0.717) is 6.42 Å². The van der Waals surface area contributed by atoms with Crippen molar-refractivity contribution in [3.05, 3.63) is 11.6 Å². The van der Waals surface area contributed by atoms with E-state index in [2.05, 4.69) is 0 Å². The van der Waals surface area contributed by atoms with Crippen LogP contribution in [0.3, 0.4) is 0 Å².